The quantitative estimate of drug-likeness (QED) is 0.415. The number of hydrogen-bond acceptors (Lipinski definition) is 1. The highest BCUT2D eigenvalue weighted by Crippen LogP contribution is 2.21. The molecule has 1 aliphatic carbocycles. The molecule has 0 aromatic carbocycles. The Kier molecular flexibility index (Phi) is 3.99. The van der Waals surface area contributed by atoms with E-state index in [0.29, 0.717) is 0 Å². The molecule has 10 heavy (non-hydrogen) atoms. The first-order chi connectivity index (χ1) is 4.84. The zero-order valence-electron chi connectivity index (χ0n) is 6.65. The van der Waals surface area contributed by atoms with Gasteiger partial charge in [0.2, 0.25) is 0 Å². The Labute approximate surface area is 77.3 Å². The van der Waals surface area contributed by atoms with Crippen LogP contribution in [0.3, 0.4) is 0 Å². The summed E-state index contributed by atoms with van der Waals surface area (Å²) in [5, 5.41) is 0. The fraction of sp³-hybridized carbons (Fsp3) is 1.00. The first-order valence-corrected chi connectivity index (χ1v) is 5.63. The van der Waals surface area contributed by atoms with Crippen molar-refractivity contribution in [2.75, 3.05) is 11.6 Å². The second-order valence-electron chi connectivity index (χ2n) is 3.17. The van der Waals surface area contributed by atoms with Gasteiger partial charge in [0.15, 0.2) is 0 Å². The van der Waals surface area contributed by atoms with Gasteiger partial charge >= 0.3 is 0 Å². The Hall–Kier alpha value is 0.690. The second kappa shape index (κ2) is 4.54. The molecule has 1 rings (SSSR count). The lowest BCUT2D eigenvalue weighted by Gasteiger charge is -2.29. The molecule has 2 heteroatoms. The van der Waals surface area contributed by atoms with Gasteiger partial charge in [-0.1, -0.05) is 41.9 Å². The second-order valence-corrected chi connectivity index (χ2v) is 3.85. The summed E-state index contributed by atoms with van der Waals surface area (Å²) >= 11 is 2.44. The van der Waals surface area contributed by atoms with Gasteiger partial charge in [-0.15, -0.1) is 0 Å². The van der Waals surface area contributed by atoms with Crippen molar-refractivity contribution in [3.8, 4) is 0 Å². The van der Waals surface area contributed by atoms with E-state index in [4.69, 9.17) is 0 Å². The predicted octanol–water partition coefficient (Wildman–Crippen LogP) is 2.64. The molecule has 0 aromatic rings. The maximum atomic E-state index is 2.47. The Morgan fingerprint density at radius 3 is 2.40 bits per heavy atom. The molecule has 0 atom stereocenters. The summed E-state index contributed by atoms with van der Waals surface area (Å²) in [6.07, 6.45) is 7.22. The molecule has 1 saturated carbocycles. The summed E-state index contributed by atoms with van der Waals surface area (Å²) in [4.78, 5) is 2.47. The third kappa shape index (κ3) is 2.38. The van der Waals surface area contributed by atoms with Crippen molar-refractivity contribution < 1.29 is 0 Å². The van der Waals surface area contributed by atoms with Crippen LogP contribution in [0, 0.1) is 0 Å². The SMILES string of the molecule is CN(CI)C1CCCCC1. The van der Waals surface area contributed by atoms with Gasteiger partial charge in [0.25, 0.3) is 0 Å². The van der Waals surface area contributed by atoms with Crippen LogP contribution < -0.4 is 0 Å². The van der Waals surface area contributed by atoms with E-state index in [1.54, 1.807) is 0 Å². The molecular formula is C8H16IN. The van der Waals surface area contributed by atoms with Gasteiger partial charge in [0.1, 0.15) is 0 Å². The Bertz CT molecular complexity index is 89.3. The zero-order valence-corrected chi connectivity index (χ0v) is 8.80. The number of rotatable bonds is 2. The predicted molar refractivity (Wildman–Crippen MR) is 53.5 cm³/mol. The van der Waals surface area contributed by atoms with E-state index in [9.17, 15) is 0 Å². The first-order valence-electron chi connectivity index (χ1n) is 4.11. The molecule has 0 spiro atoms. The summed E-state index contributed by atoms with van der Waals surface area (Å²) < 4.78 is 1.18. The highest BCUT2D eigenvalue weighted by molar-refractivity contribution is 14.1. The molecule has 0 saturated heterocycles. The van der Waals surface area contributed by atoms with Crippen LogP contribution >= 0.6 is 22.6 Å². The fourth-order valence-electron chi connectivity index (χ4n) is 1.62. The summed E-state index contributed by atoms with van der Waals surface area (Å²) in [6.45, 7) is 0. The topological polar surface area (TPSA) is 3.24 Å². The van der Waals surface area contributed by atoms with E-state index in [1.807, 2.05) is 0 Å². The molecule has 0 aliphatic heterocycles. The smallest absolute Gasteiger partial charge is 0.0505 e. The minimum atomic E-state index is 0.894. The zero-order chi connectivity index (χ0) is 7.40. The molecule has 0 bridgehead atoms. The molecular weight excluding hydrogens is 237 g/mol. The molecule has 0 radical (unpaired) electrons. The Morgan fingerprint density at radius 2 is 1.90 bits per heavy atom. The van der Waals surface area contributed by atoms with Crippen LogP contribution in [0.2, 0.25) is 0 Å². The fourth-order valence-corrected chi connectivity index (χ4v) is 2.18. The van der Waals surface area contributed by atoms with E-state index in [-0.39, 0.29) is 0 Å². The van der Waals surface area contributed by atoms with Gasteiger partial charge in [-0.25, -0.2) is 0 Å². The Balaban J connectivity index is 2.24. The van der Waals surface area contributed by atoms with Crippen LogP contribution in [0.5, 0.6) is 0 Å². The van der Waals surface area contributed by atoms with E-state index in [1.165, 1.54) is 36.7 Å². The van der Waals surface area contributed by atoms with Crippen molar-refractivity contribution in [1.82, 2.24) is 4.90 Å². The van der Waals surface area contributed by atoms with Crippen LogP contribution in [-0.2, 0) is 0 Å². The molecule has 1 nitrogen and oxygen atoms in total. The Morgan fingerprint density at radius 1 is 1.30 bits per heavy atom. The molecule has 60 valence electrons. The van der Waals surface area contributed by atoms with Crippen LogP contribution in [0.25, 0.3) is 0 Å². The van der Waals surface area contributed by atoms with Crippen molar-refractivity contribution in [3.63, 3.8) is 0 Å². The lowest BCUT2D eigenvalue weighted by atomic mass is 9.95. The van der Waals surface area contributed by atoms with Crippen LogP contribution in [0.15, 0.2) is 0 Å². The van der Waals surface area contributed by atoms with Gasteiger partial charge in [-0.05, 0) is 19.9 Å². The molecule has 0 aromatic heterocycles. The van der Waals surface area contributed by atoms with E-state index < -0.39 is 0 Å². The van der Waals surface area contributed by atoms with E-state index in [0.717, 1.165) is 6.04 Å². The van der Waals surface area contributed by atoms with Crippen LogP contribution in [0.4, 0.5) is 0 Å². The number of halogens is 1. The molecule has 1 aliphatic rings. The normalized spacial score (nSPS) is 21.9. The number of alkyl halides is 1. The third-order valence-electron chi connectivity index (χ3n) is 2.39. The van der Waals surface area contributed by atoms with Crippen molar-refractivity contribution in [1.29, 1.82) is 0 Å². The van der Waals surface area contributed by atoms with Crippen LogP contribution in [-0.4, -0.2) is 22.5 Å². The van der Waals surface area contributed by atoms with Crippen LogP contribution in [0.1, 0.15) is 32.1 Å². The lowest BCUT2D eigenvalue weighted by molar-refractivity contribution is 0.225. The monoisotopic (exact) mass is 253 g/mol. The van der Waals surface area contributed by atoms with Crippen molar-refractivity contribution in [2.45, 2.75) is 38.1 Å². The van der Waals surface area contributed by atoms with Gasteiger partial charge in [-0.2, -0.15) is 0 Å². The summed E-state index contributed by atoms with van der Waals surface area (Å²) in [5.74, 6) is 0. The highest BCUT2D eigenvalue weighted by Gasteiger charge is 2.16. The average Bonchev–Trinajstić information content (AvgIpc) is 2.05. The van der Waals surface area contributed by atoms with Crippen molar-refractivity contribution in [2.24, 2.45) is 0 Å². The first kappa shape index (κ1) is 8.78. The van der Waals surface area contributed by atoms with Gasteiger partial charge < -0.3 is 0 Å². The maximum Gasteiger partial charge on any atom is 0.0505 e. The highest BCUT2D eigenvalue weighted by atomic mass is 127. The summed E-state index contributed by atoms with van der Waals surface area (Å²) in [5.41, 5.74) is 0. The lowest BCUT2D eigenvalue weighted by Crippen LogP contribution is -2.32. The maximum absolute atomic E-state index is 2.47. The summed E-state index contributed by atoms with van der Waals surface area (Å²) in [6, 6.07) is 0.894. The van der Waals surface area contributed by atoms with Gasteiger partial charge in [-0.3, -0.25) is 4.90 Å². The minimum Gasteiger partial charge on any atom is -0.294 e. The average molecular weight is 253 g/mol. The van der Waals surface area contributed by atoms with Gasteiger partial charge in [0, 0.05) is 6.04 Å². The molecule has 1 fully saturated rings. The third-order valence-corrected chi connectivity index (χ3v) is 3.46. The van der Waals surface area contributed by atoms with E-state index in [2.05, 4.69) is 34.5 Å². The van der Waals surface area contributed by atoms with Gasteiger partial charge in [0.05, 0.1) is 4.55 Å². The largest absolute Gasteiger partial charge is 0.294 e. The molecule has 0 heterocycles. The molecule has 0 amide bonds. The minimum absolute atomic E-state index is 0.894. The number of nitrogens with zero attached hydrogens (tertiary/aromatic N) is 1. The van der Waals surface area contributed by atoms with Crippen molar-refractivity contribution in [3.05, 3.63) is 0 Å². The van der Waals surface area contributed by atoms with Crippen molar-refractivity contribution >= 4 is 22.6 Å². The summed E-state index contributed by atoms with van der Waals surface area (Å²) in [7, 11) is 2.24. The number of hydrogen-bond donors (Lipinski definition) is 0. The molecule has 0 N–H and O–H groups in total. The standard InChI is InChI=1S/C8H16IN/c1-10(7-9)8-5-3-2-4-6-8/h8H,2-7H2,1H3. The van der Waals surface area contributed by atoms with E-state index >= 15 is 0 Å². The molecule has 0 unspecified atom stereocenters.